The zero-order valence-electron chi connectivity index (χ0n) is 18.1. The van der Waals surface area contributed by atoms with E-state index in [1.165, 1.54) is 11.3 Å². The Bertz CT molecular complexity index is 841. The van der Waals surface area contributed by atoms with Crippen molar-refractivity contribution in [1.29, 1.82) is 0 Å². The second-order valence-electron chi connectivity index (χ2n) is 7.30. The topological polar surface area (TPSA) is 73.5 Å². The molecule has 2 aromatic rings. The lowest BCUT2D eigenvalue weighted by atomic mass is 10.1. The summed E-state index contributed by atoms with van der Waals surface area (Å²) in [6, 6.07) is 11.9. The number of rotatable bonds is 8. The average molecular weight is 397 g/mol. The van der Waals surface area contributed by atoms with Gasteiger partial charge in [0.1, 0.15) is 0 Å². The molecule has 0 radical (unpaired) electrons. The summed E-state index contributed by atoms with van der Waals surface area (Å²) in [4.78, 5) is 26.4. The fourth-order valence-corrected chi connectivity index (χ4v) is 3.46. The number of para-hydroxylation sites is 1. The number of benzene rings is 2. The van der Waals surface area contributed by atoms with Gasteiger partial charge < -0.3 is 20.9 Å². The highest BCUT2D eigenvalue weighted by atomic mass is 16.2. The molecule has 3 amide bonds. The third kappa shape index (κ3) is 6.52. The summed E-state index contributed by atoms with van der Waals surface area (Å²) in [5.74, 6) is -0.245. The molecule has 0 fully saturated rings. The Hall–Kier alpha value is -3.02. The van der Waals surface area contributed by atoms with Crippen molar-refractivity contribution in [1.82, 2.24) is 10.6 Å². The molecule has 0 aromatic heterocycles. The Morgan fingerprint density at radius 1 is 0.931 bits per heavy atom. The third-order valence-corrected chi connectivity index (χ3v) is 4.86. The molecule has 6 nitrogen and oxygen atoms in total. The van der Waals surface area contributed by atoms with E-state index in [-0.39, 0.29) is 18.5 Å². The van der Waals surface area contributed by atoms with Gasteiger partial charge in [0.25, 0.3) is 0 Å². The van der Waals surface area contributed by atoms with E-state index in [4.69, 9.17) is 0 Å². The van der Waals surface area contributed by atoms with Crippen LogP contribution >= 0.6 is 0 Å². The number of nitrogens with zero attached hydrogens (tertiary/aromatic N) is 1. The number of urea groups is 1. The molecule has 0 aliphatic rings. The van der Waals surface area contributed by atoms with Crippen LogP contribution in [0, 0.1) is 27.7 Å². The fourth-order valence-electron chi connectivity index (χ4n) is 3.46. The standard InChI is InChI=1S/C23H32N4O2/c1-6-27(20-10-8-7-9-17(20)3)12-11-24-23(29)25-15-21(28)26-22-18(4)13-16(2)14-19(22)5/h7-10,13-14H,6,11-12,15H2,1-5H3,(H,26,28)(H2,24,25,29). The summed E-state index contributed by atoms with van der Waals surface area (Å²) in [6.07, 6.45) is 0. The van der Waals surface area contributed by atoms with Crippen molar-refractivity contribution in [3.05, 3.63) is 58.7 Å². The molecule has 2 aromatic carbocycles. The van der Waals surface area contributed by atoms with Crippen LogP contribution in [0.2, 0.25) is 0 Å². The summed E-state index contributed by atoms with van der Waals surface area (Å²) in [6.45, 7) is 12.1. The van der Waals surface area contributed by atoms with Gasteiger partial charge in [-0.2, -0.15) is 0 Å². The highest BCUT2D eigenvalue weighted by Gasteiger charge is 2.11. The first-order valence-corrected chi connectivity index (χ1v) is 10.0. The van der Waals surface area contributed by atoms with Crippen molar-refractivity contribution in [3.8, 4) is 0 Å². The van der Waals surface area contributed by atoms with Crippen LogP contribution in [0.25, 0.3) is 0 Å². The van der Waals surface area contributed by atoms with Gasteiger partial charge in [0.15, 0.2) is 0 Å². The van der Waals surface area contributed by atoms with Gasteiger partial charge in [-0.3, -0.25) is 4.79 Å². The van der Waals surface area contributed by atoms with Crippen LogP contribution in [0.5, 0.6) is 0 Å². The number of hydrogen-bond acceptors (Lipinski definition) is 3. The molecule has 0 bridgehead atoms. The molecule has 0 saturated heterocycles. The summed E-state index contributed by atoms with van der Waals surface area (Å²) >= 11 is 0. The Morgan fingerprint density at radius 3 is 2.21 bits per heavy atom. The lowest BCUT2D eigenvalue weighted by molar-refractivity contribution is -0.115. The molecular formula is C23H32N4O2. The van der Waals surface area contributed by atoms with Gasteiger partial charge in [0, 0.05) is 31.0 Å². The fraction of sp³-hybridized carbons (Fsp3) is 0.391. The molecule has 0 heterocycles. The first kappa shape index (κ1) is 22.3. The van der Waals surface area contributed by atoms with Gasteiger partial charge in [0.05, 0.1) is 6.54 Å². The monoisotopic (exact) mass is 396 g/mol. The summed E-state index contributed by atoms with van der Waals surface area (Å²) in [5, 5.41) is 8.31. The third-order valence-electron chi connectivity index (χ3n) is 4.86. The number of hydrogen-bond donors (Lipinski definition) is 3. The predicted octanol–water partition coefficient (Wildman–Crippen LogP) is 3.68. The smallest absolute Gasteiger partial charge is 0.315 e. The van der Waals surface area contributed by atoms with Crippen LogP contribution in [-0.2, 0) is 4.79 Å². The first-order chi connectivity index (χ1) is 13.8. The molecule has 0 aliphatic carbocycles. The average Bonchev–Trinajstić information content (AvgIpc) is 2.67. The Kier molecular flexibility index (Phi) is 8.07. The number of carbonyl (C=O) groups excluding carboxylic acids is 2. The number of carbonyl (C=O) groups is 2. The Balaban J connectivity index is 1.77. The number of aryl methyl sites for hydroxylation is 4. The zero-order chi connectivity index (χ0) is 21.4. The number of likely N-dealkylation sites (N-methyl/N-ethyl adjacent to an activating group) is 1. The van der Waals surface area contributed by atoms with Gasteiger partial charge in [-0.05, 0) is 57.4 Å². The van der Waals surface area contributed by atoms with Gasteiger partial charge in [-0.1, -0.05) is 35.9 Å². The minimum Gasteiger partial charge on any atom is -0.370 e. The largest absolute Gasteiger partial charge is 0.370 e. The van der Waals surface area contributed by atoms with E-state index in [0.717, 1.165) is 28.9 Å². The minimum atomic E-state index is -0.349. The molecule has 29 heavy (non-hydrogen) atoms. The van der Waals surface area contributed by atoms with E-state index in [0.29, 0.717) is 13.1 Å². The van der Waals surface area contributed by atoms with Gasteiger partial charge in [-0.15, -0.1) is 0 Å². The van der Waals surface area contributed by atoms with Crippen molar-refractivity contribution in [2.45, 2.75) is 34.6 Å². The number of amides is 3. The highest BCUT2D eigenvalue weighted by molar-refractivity contribution is 5.95. The van der Waals surface area contributed by atoms with E-state index in [9.17, 15) is 9.59 Å². The molecule has 6 heteroatoms. The van der Waals surface area contributed by atoms with E-state index in [2.05, 4.69) is 46.8 Å². The lowest BCUT2D eigenvalue weighted by Crippen LogP contribution is -2.43. The molecule has 3 N–H and O–H groups in total. The second-order valence-corrected chi connectivity index (χ2v) is 7.30. The Labute approximate surface area is 173 Å². The molecule has 0 unspecified atom stereocenters. The maximum atomic E-state index is 12.2. The lowest BCUT2D eigenvalue weighted by Gasteiger charge is -2.25. The molecule has 2 rings (SSSR count). The van der Waals surface area contributed by atoms with E-state index in [1.807, 2.05) is 45.0 Å². The molecule has 0 aliphatic heterocycles. The van der Waals surface area contributed by atoms with Crippen molar-refractivity contribution in [2.75, 3.05) is 36.4 Å². The molecular weight excluding hydrogens is 364 g/mol. The summed E-state index contributed by atoms with van der Waals surface area (Å²) in [7, 11) is 0. The van der Waals surface area contributed by atoms with Crippen LogP contribution in [0.15, 0.2) is 36.4 Å². The molecule has 0 saturated carbocycles. The van der Waals surface area contributed by atoms with Gasteiger partial charge in [0.2, 0.25) is 5.91 Å². The highest BCUT2D eigenvalue weighted by Crippen LogP contribution is 2.21. The summed E-state index contributed by atoms with van der Waals surface area (Å²) in [5.41, 5.74) is 6.35. The van der Waals surface area contributed by atoms with E-state index in [1.54, 1.807) is 0 Å². The van der Waals surface area contributed by atoms with Crippen molar-refractivity contribution in [2.24, 2.45) is 0 Å². The van der Waals surface area contributed by atoms with Crippen LogP contribution in [0.1, 0.15) is 29.2 Å². The number of nitrogens with one attached hydrogen (secondary N) is 3. The van der Waals surface area contributed by atoms with Gasteiger partial charge >= 0.3 is 6.03 Å². The minimum absolute atomic E-state index is 0.0755. The predicted molar refractivity (Wildman–Crippen MR) is 120 cm³/mol. The van der Waals surface area contributed by atoms with Crippen LogP contribution in [0.4, 0.5) is 16.2 Å². The number of anilines is 2. The van der Waals surface area contributed by atoms with E-state index < -0.39 is 0 Å². The second kappa shape index (κ2) is 10.5. The molecule has 156 valence electrons. The molecule has 0 spiro atoms. The summed E-state index contributed by atoms with van der Waals surface area (Å²) < 4.78 is 0. The van der Waals surface area contributed by atoms with Crippen molar-refractivity contribution in [3.63, 3.8) is 0 Å². The van der Waals surface area contributed by atoms with Crippen LogP contribution < -0.4 is 20.9 Å². The first-order valence-electron chi connectivity index (χ1n) is 10.0. The SMILES string of the molecule is CCN(CCNC(=O)NCC(=O)Nc1c(C)cc(C)cc1C)c1ccccc1C. The van der Waals surface area contributed by atoms with Crippen LogP contribution in [-0.4, -0.2) is 38.1 Å². The zero-order valence-corrected chi connectivity index (χ0v) is 18.1. The van der Waals surface area contributed by atoms with Crippen molar-refractivity contribution >= 4 is 23.3 Å². The maximum absolute atomic E-state index is 12.2. The maximum Gasteiger partial charge on any atom is 0.315 e. The van der Waals surface area contributed by atoms with E-state index >= 15 is 0 Å². The van der Waals surface area contributed by atoms with Crippen LogP contribution in [0.3, 0.4) is 0 Å². The molecule has 0 atom stereocenters. The normalized spacial score (nSPS) is 10.4. The Morgan fingerprint density at radius 2 is 1.59 bits per heavy atom. The van der Waals surface area contributed by atoms with Gasteiger partial charge in [-0.25, -0.2) is 4.79 Å². The quantitative estimate of drug-likeness (QED) is 0.637. The van der Waals surface area contributed by atoms with Crippen molar-refractivity contribution < 1.29 is 9.59 Å².